The molecule has 3 heterocycles. The minimum atomic E-state index is -3.70. The van der Waals surface area contributed by atoms with Gasteiger partial charge >= 0.3 is 0 Å². The molecule has 1 fully saturated rings. The standard InChI is InChI=1S/C26H31FN6O2S/c1-18(2)16-31-11-12-32(36(34,35)26-9-10-30(4)29-26)17-25(31)23-14-20-15-28-33(24(20)13-19(23)3)22-7-5-21(27)6-8-22/h5-10,13-15,18,25H,11-12,16-17H2,1-4H3/t25-/m1/s1. The summed E-state index contributed by atoms with van der Waals surface area (Å²) in [4.78, 5) is 2.38. The van der Waals surface area contributed by atoms with E-state index in [-0.39, 0.29) is 16.9 Å². The second-order valence-electron chi connectivity index (χ2n) is 9.90. The summed E-state index contributed by atoms with van der Waals surface area (Å²) < 4.78 is 45.1. The number of benzene rings is 2. The number of hydrogen-bond acceptors (Lipinski definition) is 5. The van der Waals surface area contributed by atoms with E-state index in [9.17, 15) is 12.8 Å². The van der Waals surface area contributed by atoms with Gasteiger partial charge in [0.15, 0.2) is 5.03 Å². The number of halogens is 1. The Hall–Kier alpha value is -3.08. The van der Waals surface area contributed by atoms with Gasteiger partial charge in [-0.25, -0.2) is 17.5 Å². The van der Waals surface area contributed by atoms with Crippen molar-refractivity contribution in [3.8, 4) is 5.69 Å². The Morgan fingerprint density at radius 1 is 1.11 bits per heavy atom. The van der Waals surface area contributed by atoms with E-state index in [4.69, 9.17) is 0 Å². The fourth-order valence-electron chi connectivity index (χ4n) is 5.00. The second-order valence-corrected chi connectivity index (χ2v) is 11.8. The Morgan fingerprint density at radius 3 is 2.53 bits per heavy atom. The highest BCUT2D eigenvalue weighted by Gasteiger charge is 2.37. The lowest BCUT2D eigenvalue weighted by molar-refractivity contribution is 0.105. The number of aromatic nitrogens is 4. The van der Waals surface area contributed by atoms with Crippen LogP contribution in [0.4, 0.5) is 4.39 Å². The van der Waals surface area contributed by atoms with Crippen molar-refractivity contribution in [2.75, 3.05) is 26.2 Å². The molecular formula is C26H31FN6O2S. The molecule has 0 amide bonds. The fraction of sp³-hybridized carbons (Fsp3) is 0.385. The molecule has 0 N–H and O–H groups in total. The molecule has 0 saturated carbocycles. The summed E-state index contributed by atoms with van der Waals surface area (Å²) in [5, 5.41) is 9.74. The normalized spacial score (nSPS) is 17.9. The van der Waals surface area contributed by atoms with Crippen LogP contribution in [0.2, 0.25) is 0 Å². The molecule has 2 aromatic carbocycles. The van der Waals surface area contributed by atoms with Gasteiger partial charge in [0.1, 0.15) is 5.82 Å². The molecule has 0 aliphatic carbocycles. The summed E-state index contributed by atoms with van der Waals surface area (Å²) in [7, 11) is -1.98. The number of sulfonamides is 1. The van der Waals surface area contributed by atoms with E-state index in [1.807, 2.05) is 0 Å². The largest absolute Gasteiger partial charge is 0.293 e. The summed E-state index contributed by atoms with van der Waals surface area (Å²) in [6.07, 6.45) is 3.45. The predicted octanol–water partition coefficient (Wildman–Crippen LogP) is 3.91. The van der Waals surface area contributed by atoms with Crippen LogP contribution in [-0.2, 0) is 17.1 Å². The lowest BCUT2D eigenvalue weighted by atomic mass is 9.96. The third-order valence-corrected chi connectivity index (χ3v) is 8.49. The van der Waals surface area contributed by atoms with Gasteiger partial charge in [0.25, 0.3) is 10.0 Å². The summed E-state index contributed by atoms with van der Waals surface area (Å²) >= 11 is 0. The highest BCUT2D eigenvalue weighted by Crippen LogP contribution is 2.34. The molecular weight excluding hydrogens is 479 g/mol. The molecule has 0 unspecified atom stereocenters. The highest BCUT2D eigenvalue weighted by molar-refractivity contribution is 7.89. The van der Waals surface area contributed by atoms with Crippen molar-refractivity contribution in [2.24, 2.45) is 13.0 Å². The zero-order valence-corrected chi connectivity index (χ0v) is 21.8. The smallest absolute Gasteiger partial charge is 0.262 e. The first-order valence-corrected chi connectivity index (χ1v) is 13.6. The van der Waals surface area contributed by atoms with Crippen molar-refractivity contribution in [1.82, 2.24) is 28.8 Å². The first-order chi connectivity index (χ1) is 17.1. The zero-order chi connectivity index (χ0) is 25.6. The predicted molar refractivity (Wildman–Crippen MR) is 137 cm³/mol. The number of nitrogens with zero attached hydrogens (tertiary/aromatic N) is 6. The maximum absolute atomic E-state index is 13.4. The number of fused-ring (bicyclic) bond motifs is 1. The highest BCUT2D eigenvalue weighted by atomic mass is 32.2. The zero-order valence-electron chi connectivity index (χ0n) is 21.0. The number of aryl methyl sites for hydroxylation is 2. The summed E-state index contributed by atoms with van der Waals surface area (Å²) in [6.45, 7) is 8.69. The van der Waals surface area contributed by atoms with Gasteiger partial charge in [-0.1, -0.05) is 13.8 Å². The maximum atomic E-state index is 13.4. The SMILES string of the molecule is Cc1cc2c(cnn2-c2ccc(F)cc2)cc1[C@H]1CN(S(=O)(=O)c2ccn(C)n2)CCN1CC(C)C. The Kier molecular flexibility index (Phi) is 6.44. The van der Waals surface area contributed by atoms with Gasteiger partial charge in [-0.15, -0.1) is 0 Å². The van der Waals surface area contributed by atoms with Gasteiger partial charge in [-0.3, -0.25) is 9.58 Å². The molecule has 1 aliphatic heterocycles. The molecule has 1 aliphatic rings. The van der Waals surface area contributed by atoms with E-state index in [2.05, 4.69) is 48.0 Å². The molecule has 190 valence electrons. The average molecular weight is 511 g/mol. The number of rotatable bonds is 6. The van der Waals surface area contributed by atoms with E-state index in [1.54, 1.807) is 46.6 Å². The van der Waals surface area contributed by atoms with Crippen LogP contribution in [0.5, 0.6) is 0 Å². The van der Waals surface area contributed by atoms with Gasteiger partial charge in [0.05, 0.1) is 17.4 Å². The molecule has 8 nitrogen and oxygen atoms in total. The van der Waals surface area contributed by atoms with Gasteiger partial charge in [-0.05, 0) is 66.4 Å². The molecule has 0 bridgehead atoms. The number of hydrogen-bond donors (Lipinski definition) is 0. The van der Waals surface area contributed by atoms with Crippen molar-refractivity contribution >= 4 is 20.9 Å². The summed E-state index contributed by atoms with van der Waals surface area (Å²) in [5.41, 5.74) is 3.85. The third kappa shape index (κ3) is 4.56. The Morgan fingerprint density at radius 2 is 1.86 bits per heavy atom. The topological polar surface area (TPSA) is 76.3 Å². The molecule has 1 atom stereocenters. The quantitative estimate of drug-likeness (QED) is 0.393. The third-order valence-electron chi connectivity index (χ3n) is 6.73. The minimum absolute atomic E-state index is 0.0776. The molecule has 0 radical (unpaired) electrons. The second kappa shape index (κ2) is 9.42. The van der Waals surface area contributed by atoms with E-state index in [0.29, 0.717) is 25.6 Å². The lowest BCUT2D eigenvalue weighted by Gasteiger charge is -2.42. The van der Waals surface area contributed by atoms with Crippen LogP contribution in [-0.4, -0.2) is 63.4 Å². The Labute approximate surface area is 211 Å². The Bertz CT molecular complexity index is 1490. The Balaban J connectivity index is 1.53. The first kappa shape index (κ1) is 24.6. The molecule has 5 rings (SSSR count). The maximum Gasteiger partial charge on any atom is 0.262 e. The van der Waals surface area contributed by atoms with E-state index >= 15 is 0 Å². The van der Waals surface area contributed by atoms with E-state index < -0.39 is 10.0 Å². The van der Waals surface area contributed by atoms with Crippen molar-refractivity contribution in [3.05, 3.63) is 71.8 Å². The van der Waals surface area contributed by atoms with Crippen LogP contribution in [0, 0.1) is 18.7 Å². The monoisotopic (exact) mass is 510 g/mol. The molecule has 1 saturated heterocycles. The van der Waals surface area contributed by atoms with Crippen LogP contribution in [0.15, 0.2) is 59.9 Å². The van der Waals surface area contributed by atoms with Crippen molar-refractivity contribution in [3.63, 3.8) is 0 Å². The van der Waals surface area contributed by atoms with E-state index in [0.717, 1.165) is 34.3 Å². The summed E-state index contributed by atoms with van der Waals surface area (Å²) in [5.74, 6) is 0.151. The number of piperazine rings is 1. The first-order valence-electron chi connectivity index (χ1n) is 12.1. The molecule has 10 heteroatoms. The van der Waals surface area contributed by atoms with Crippen LogP contribution >= 0.6 is 0 Å². The van der Waals surface area contributed by atoms with E-state index in [1.165, 1.54) is 16.8 Å². The van der Waals surface area contributed by atoms with Gasteiger partial charge in [-0.2, -0.15) is 14.5 Å². The molecule has 2 aromatic heterocycles. The lowest BCUT2D eigenvalue weighted by Crippen LogP contribution is -2.51. The molecule has 36 heavy (non-hydrogen) atoms. The van der Waals surface area contributed by atoms with Crippen LogP contribution in [0.1, 0.15) is 31.0 Å². The average Bonchev–Trinajstić information content (AvgIpc) is 3.45. The van der Waals surface area contributed by atoms with Crippen molar-refractivity contribution in [2.45, 2.75) is 31.8 Å². The van der Waals surface area contributed by atoms with Gasteiger partial charge < -0.3 is 0 Å². The fourth-order valence-corrected chi connectivity index (χ4v) is 6.39. The van der Waals surface area contributed by atoms with Crippen LogP contribution in [0.25, 0.3) is 16.6 Å². The minimum Gasteiger partial charge on any atom is -0.293 e. The molecule has 4 aromatic rings. The van der Waals surface area contributed by atoms with Crippen LogP contribution in [0.3, 0.4) is 0 Å². The molecule has 0 spiro atoms. The van der Waals surface area contributed by atoms with Crippen molar-refractivity contribution < 1.29 is 12.8 Å². The van der Waals surface area contributed by atoms with Crippen LogP contribution < -0.4 is 0 Å². The summed E-state index contributed by atoms with van der Waals surface area (Å²) in [6, 6.07) is 11.9. The van der Waals surface area contributed by atoms with Gasteiger partial charge in [0.2, 0.25) is 0 Å². The van der Waals surface area contributed by atoms with Gasteiger partial charge in [0, 0.05) is 50.9 Å². The van der Waals surface area contributed by atoms with Crippen molar-refractivity contribution in [1.29, 1.82) is 0 Å².